The Hall–Kier alpha value is -3.28. The highest BCUT2D eigenvalue weighted by atomic mass is 16.7. The molecule has 0 saturated carbocycles. The molecule has 0 unspecified atom stereocenters. The number of carbonyl (C=O) groups excluding carboxylic acids is 1. The molecule has 126 valence electrons. The van der Waals surface area contributed by atoms with E-state index in [1.807, 2.05) is 12.1 Å². The molecule has 1 aromatic heterocycles. The highest BCUT2D eigenvalue weighted by molar-refractivity contribution is 6.06. The van der Waals surface area contributed by atoms with Crippen molar-refractivity contribution in [3.63, 3.8) is 0 Å². The predicted molar refractivity (Wildman–Crippen MR) is 94.1 cm³/mol. The van der Waals surface area contributed by atoms with Crippen LogP contribution in [0.4, 0.5) is 5.69 Å². The van der Waals surface area contributed by atoms with Gasteiger partial charge in [0.1, 0.15) is 5.76 Å². The van der Waals surface area contributed by atoms with Gasteiger partial charge in [-0.2, -0.15) is 5.10 Å². The van der Waals surface area contributed by atoms with Gasteiger partial charge >= 0.3 is 0 Å². The molecule has 1 aromatic carbocycles. The molecule has 6 heteroatoms. The van der Waals surface area contributed by atoms with Gasteiger partial charge in [0.25, 0.3) is 0 Å². The number of anilines is 1. The maximum atomic E-state index is 12.2. The van der Waals surface area contributed by atoms with Gasteiger partial charge in [-0.3, -0.25) is 9.89 Å². The SMILES string of the molecule is Nc1ccc(C(=O)C=Cc2cc(C3=CC4=C(CC3)OCO4)n[nH]2)cc1. The number of ketones is 1. The first-order chi connectivity index (χ1) is 12.2. The van der Waals surface area contributed by atoms with E-state index in [9.17, 15) is 4.79 Å². The maximum absolute atomic E-state index is 12.2. The third-order valence-electron chi connectivity index (χ3n) is 4.19. The van der Waals surface area contributed by atoms with Crippen molar-refractivity contribution in [2.75, 3.05) is 12.5 Å². The van der Waals surface area contributed by atoms with Crippen molar-refractivity contribution < 1.29 is 14.3 Å². The van der Waals surface area contributed by atoms with Crippen LogP contribution in [-0.2, 0) is 9.47 Å². The summed E-state index contributed by atoms with van der Waals surface area (Å²) >= 11 is 0. The van der Waals surface area contributed by atoms with E-state index in [1.165, 1.54) is 6.08 Å². The highest BCUT2D eigenvalue weighted by Crippen LogP contribution is 2.33. The van der Waals surface area contributed by atoms with Gasteiger partial charge in [-0.15, -0.1) is 0 Å². The molecule has 2 aromatic rings. The van der Waals surface area contributed by atoms with Crippen molar-refractivity contribution >= 4 is 23.1 Å². The number of rotatable bonds is 4. The number of allylic oxidation sites excluding steroid dienone is 4. The minimum absolute atomic E-state index is 0.0840. The van der Waals surface area contributed by atoms with Crippen LogP contribution in [0.3, 0.4) is 0 Å². The number of nitrogens with one attached hydrogen (secondary N) is 1. The summed E-state index contributed by atoms with van der Waals surface area (Å²) in [4.78, 5) is 12.2. The molecule has 25 heavy (non-hydrogen) atoms. The van der Waals surface area contributed by atoms with Crippen LogP contribution >= 0.6 is 0 Å². The summed E-state index contributed by atoms with van der Waals surface area (Å²) in [6.45, 7) is 0.288. The lowest BCUT2D eigenvalue weighted by Crippen LogP contribution is -1.96. The van der Waals surface area contributed by atoms with Gasteiger partial charge < -0.3 is 15.2 Å². The van der Waals surface area contributed by atoms with Crippen molar-refractivity contribution in [2.24, 2.45) is 0 Å². The fourth-order valence-corrected chi connectivity index (χ4v) is 2.81. The number of nitrogen functional groups attached to an aromatic ring is 1. The van der Waals surface area contributed by atoms with Crippen LogP contribution < -0.4 is 5.73 Å². The van der Waals surface area contributed by atoms with E-state index < -0.39 is 0 Å². The zero-order chi connectivity index (χ0) is 17.2. The van der Waals surface area contributed by atoms with E-state index in [1.54, 1.807) is 30.3 Å². The standard InChI is InChI=1S/C19H17N3O3/c20-14-4-1-12(2-5-14)17(23)7-6-15-10-16(22-21-15)13-3-8-18-19(9-13)25-11-24-18/h1-2,4-7,9-10H,3,8,11,20H2,(H,21,22). The fourth-order valence-electron chi connectivity index (χ4n) is 2.81. The molecule has 0 radical (unpaired) electrons. The molecule has 2 aliphatic rings. The number of ether oxygens (including phenoxy) is 2. The minimum Gasteiger partial charge on any atom is -0.458 e. The monoisotopic (exact) mass is 335 g/mol. The van der Waals surface area contributed by atoms with Crippen LogP contribution in [0.2, 0.25) is 0 Å². The molecule has 6 nitrogen and oxygen atoms in total. The number of hydrogen-bond acceptors (Lipinski definition) is 5. The molecule has 0 fully saturated rings. The second-order valence-corrected chi connectivity index (χ2v) is 5.89. The topological polar surface area (TPSA) is 90.2 Å². The Morgan fingerprint density at radius 1 is 1.20 bits per heavy atom. The van der Waals surface area contributed by atoms with Crippen molar-refractivity contribution in [1.82, 2.24) is 10.2 Å². The van der Waals surface area contributed by atoms with Gasteiger partial charge in [0, 0.05) is 17.7 Å². The third-order valence-corrected chi connectivity index (χ3v) is 4.19. The number of aromatic nitrogens is 2. The molecule has 4 rings (SSSR count). The lowest BCUT2D eigenvalue weighted by molar-refractivity contribution is 0.0729. The van der Waals surface area contributed by atoms with Crippen LogP contribution in [0.15, 0.2) is 54.0 Å². The summed E-state index contributed by atoms with van der Waals surface area (Å²) in [5.41, 5.74) is 9.56. The smallest absolute Gasteiger partial charge is 0.230 e. The molecule has 3 N–H and O–H groups in total. The lowest BCUT2D eigenvalue weighted by Gasteiger charge is -2.10. The first kappa shape index (κ1) is 15.3. The minimum atomic E-state index is -0.0840. The Labute approximate surface area is 144 Å². The molecular weight excluding hydrogens is 318 g/mol. The van der Waals surface area contributed by atoms with Crippen molar-refractivity contribution in [1.29, 1.82) is 0 Å². The Kier molecular flexibility index (Phi) is 3.85. The number of carbonyl (C=O) groups is 1. The average molecular weight is 335 g/mol. The van der Waals surface area contributed by atoms with E-state index in [0.717, 1.165) is 41.3 Å². The maximum Gasteiger partial charge on any atom is 0.230 e. The number of H-pyrrole nitrogens is 1. The molecule has 0 atom stereocenters. The average Bonchev–Trinajstić information content (AvgIpc) is 3.28. The quantitative estimate of drug-likeness (QED) is 0.508. The number of benzene rings is 1. The lowest BCUT2D eigenvalue weighted by atomic mass is 9.99. The Bertz CT molecular complexity index is 904. The van der Waals surface area contributed by atoms with Crippen LogP contribution in [0.5, 0.6) is 0 Å². The fraction of sp³-hybridized carbons (Fsp3) is 0.158. The van der Waals surface area contributed by atoms with Gasteiger partial charge in [0.2, 0.25) is 6.79 Å². The van der Waals surface area contributed by atoms with Crippen LogP contribution in [0.25, 0.3) is 11.6 Å². The number of hydrogen-bond donors (Lipinski definition) is 2. The predicted octanol–water partition coefficient (Wildman–Crippen LogP) is 3.28. The zero-order valence-corrected chi connectivity index (χ0v) is 13.5. The van der Waals surface area contributed by atoms with Crippen LogP contribution in [0.1, 0.15) is 34.6 Å². The van der Waals surface area contributed by atoms with Crippen LogP contribution in [-0.4, -0.2) is 22.8 Å². The Balaban J connectivity index is 1.48. The summed E-state index contributed by atoms with van der Waals surface area (Å²) in [7, 11) is 0. The molecule has 0 bridgehead atoms. The van der Waals surface area contributed by atoms with E-state index in [2.05, 4.69) is 10.2 Å². The van der Waals surface area contributed by atoms with Gasteiger partial charge in [-0.05, 0) is 60.6 Å². The number of nitrogens with zero attached hydrogens (tertiary/aromatic N) is 1. The van der Waals surface area contributed by atoms with Crippen LogP contribution in [0, 0.1) is 0 Å². The molecule has 0 saturated heterocycles. The van der Waals surface area contributed by atoms with E-state index in [4.69, 9.17) is 15.2 Å². The summed E-state index contributed by atoms with van der Waals surface area (Å²) in [5, 5.41) is 7.27. The summed E-state index contributed by atoms with van der Waals surface area (Å²) in [6.07, 6.45) is 6.87. The van der Waals surface area contributed by atoms with E-state index in [-0.39, 0.29) is 12.6 Å². The third kappa shape index (κ3) is 3.19. The summed E-state index contributed by atoms with van der Waals surface area (Å²) in [5.74, 6) is 1.62. The molecule has 0 amide bonds. The first-order valence-corrected chi connectivity index (χ1v) is 8.02. The van der Waals surface area contributed by atoms with Gasteiger partial charge in [0.05, 0.1) is 11.4 Å². The van der Waals surface area contributed by atoms with Crippen molar-refractivity contribution in [2.45, 2.75) is 12.8 Å². The molecule has 2 heterocycles. The van der Waals surface area contributed by atoms with Gasteiger partial charge in [-0.1, -0.05) is 0 Å². The molecular formula is C19H17N3O3. The number of nitrogens with two attached hydrogens (primary N) is 1. The second kappa shape index (κ2) is 6.32. The first-order valence-electron chi connectivity index (χ1n) is 8.02. The summed E-state index contributed by atoms with van der Waals surface area (Å²) in [6, 6.07) is 8.76. The molecule has 0 spiro atoms. The van der Waals surface area contributed by atoms with Gasteiger partial charge in [-0.25, -0.2) is 0 Å². The molecule has 1 aliphatic heterocycles. The van der Waals surface area contributed by atoms with Crippen molar-refractivity contribution in [3.8, 4) is 0 Å². The van der Waals surface area contributed by atoms with Crippen molar-refractivity contribution in [3.05, 3.63) is 71.0 Å². The second-order valence-electron chi connectivity index (χ2n) is 5.89. The Morgan fingerprint density at radius 3 is 2.88 bits per heavy atom. The summed E-state index contributed by atoms with van der Waals surface area (Å²) < 4.78 is 10.8. The largest absolute Gasteiger partial charge is 0.458 e. The van der Waals surface area contributed by atoms with E-state index in [0.29, 0.717) is 11.3 Å². The molecule has 1 aliphatic carbocycles. The van der Waals surface area contributed by atoms with E-state index >= 15 is 0 Å². The normalized spacial score (nSPS) is 16.4. The number of aromatic amines is 1. The zero-order valence-electron chi connectivity index (χ0n) is 13.5. The Morgan fingerprint density at radius 2 is 2.04 bits per heavy atom. The highest BCUT2D eigenvalue weighted by Gasteiger charge is 2.22. The van der Waals surface area contributed by atoms with Gasteiger partial charge in [0.15, 0.2) is 11.5 Å².